The summed E-state index contributed by atoms with van der Waals surface area (Å²) in [6, 6.07) is 7.53. The third-order valence-corrected chi connectivity index (χ3v) is 4.29. The Kier molecular flexibility index (Phi) is 5.72. The number of hydrogen-bond donors (Lipinski definition) is 0. The van der Waals surface area contributed by atoms with Gasteiger partial charge in [-0.05, 0) is 24.1 Å². The number of anilines is 1. The molecule has 26 heavy (non-hydrogen) atoms. The minimum absolute atomic E-state index is 0.0515. The van der Waals surface area contributed by atoms with Crippen molar-refractivity contribution in [2.45, 2.75) is 6.42 Å². The van der Waals surface area contributed by atoms with Gasteiger partial charge in [0, 0.05) is 27.7 Å². The molecule has 0 aliphatic rings. The molecule has 8 heteroatoms. The molecule has 0 saturated heterocycles. The quantitative estimate of drug-likeness (QED) is 0.753. The van der Waals surface area contributed by atoms with Gasteiger partial charge in [-0.2, -0.15) is 5.26 Å². The molecule has 2 rings (SSSR count). The minimum atomic E-state index is -0.594. The smallest absolute Gasteiger partial charge is 0.332 e. The molecule has 0 fully saturated rings. The van der Waals surface area contributed by atoms with Crippen LogP contribution in [0.3, 0.4) is 0 Å². The molecule has 0 aliphatic heterocycles. The number of ether oxygens (including phenoxy) is 2. The summed E-state index contributed by atoms with van der Waals surface area (Å²) in [7, 11) is 7.80. The Morgan fingerprint density at radius 1 is 1.12 bits per heavy atom. The first-order chi connectivity index (χ1) is 12.3. The van der Waals surface area contributed by atoms with Crippen LogP contribution in [0.1, 0.15) is 11.1 Å². The van der Waals surface area contributed by atoms with E-state index in [4.69, 9.17) is 9.47 Å². The van der Waals surface area contributed by atoms with Crippen LogP contribution >= 0.6 is 0 Å². The molecule has 2 aromatic rings. The van der Waals surface area contributed by atoms with Crippen molar-refractivity contribution in [1.29, 1.82) is 5.26 Å². The van der Waals surface area contributed by atoms with Gasteiger partial charge in [-0.15, -0.1) is 0 Å². The van der Waals surface area contributed by atoms with E-state index in [0.717, 1.165) is 10.1 Å². The number of methoxy groups -OCH3 is 2. The topological polar surface area (TPSA) is 89.5 Å². The molecule has 0 saturated carbocycles. The van der Waals surface area contributed by atoms with Gasteiger partial charge in [0.25, 0.3) is 5.56 Å². The average molecular weight is 358 g/mol. The van der Waals surface area contributed by atoms with Crippen molar-refractivity contribution in [2.24, 2.45) is 14.1 Å². The van der Waals surface area contributed by atoms with Crippen LogP contribution in [-0.2, 0) is 20.5 Å². The van der Waals surface area contributed by atoms with Crippen molar-refractivity contribution in [3.63, 3.8) is 0 Å². The fraction of sp³-hybridized carbons (Fsp3) is 0.389. The summed E-state index contributed by atoms with van der Waals surface area (Å²) in [5, 5.41) is 9.36. The van der Waals surface area contributed by atoms with Crippen LogP contribution in [0.15, 0.2) is 27.8 Å². The summed E-state index contributed by atoms with van der Waals surface area (Å²) in [5.41, 5.74) is -0.114. The number of nitriles is 1. The molecule has 138 valence electrons. The van der Waals surface area contributed by atoms with Gasteiger partial charge in [0.05, 0.1) is 14.2 Å². The lowest BCUT2D eigenvalue weighted by Crippen LogP contribution is -2.42. The van der Waals surface area contributed by atoms with E-state index in [9.17, 15) is 14.9 Å². The van der Waals surface area contributed by atoms with Gasteiger partial charge in [0.2, 0.25) is 0 Å². The van der Waals surface area contributed by atoms with Crippen molar-refractivity contribution < 1.29 is 9.47 Å². The SMILES string of the molecule is COc1ccc(CCN(C)c2c(C#N)c(=O)n(C)c(=O)n2C)cc1OC. The minimum Gasteiger partial charge on any atom is -0.493 e. The van der Waals surface area contributed by atoms with E-state index in [1.165, 1.54) is 11.6 Å². The summed E-state index contributed by atoms with van der Waals surface area (Å²) in [6.07, 6.45) is 0.630. The van der Waals surface area contributed by atoms with Gasteiger partial charge in [-0.25, -0.2) is 4.79 Å². The van der Waals surface area contributed by atoms with Gasteiger partial charge in [0.15, 0.2) is 17.1 Å². The number of hydrogen-bond acceptors (Lipinski definition) is 6. The van der Waals surface area contributed by atoms with E-state index in [0.29, 0.717) is 30.3 Å². The molecular weight excluding hydrogens is 336 g/mol. The highest BCUT2D eigenvalue weighted by Gasteiger charge is 2.18. The van der Waals surface area contributed by atoms with E-state index in [-0.39, 0.29) is 5.56 Å². The van der Waals surface area contributed by atoms with Gasteiger partial charge in [0.1, 0.15) is 11.9 Å². The number of likely N-dealkylation sites (N-methyl/N-ethyl adjacent to an activating group) is 1. The molecule has 0 atom stereocenters. The van der Waals surface area contributed by atoms with E-state index in [2.05, 4.69) is 0 Å². The van der Waals surface area contributed by atoms with Crippen LogP contribution in [0.5, 0.6) is 11.5 Å². The zero-order valence-electron chi connectivity index (χ0n) is 15.6. The van der Waals surface area contributed by atoms with Gasteiger partial charge < -0.3 is 14.4 Å². The highest BCUT2D eigenvalue weighted by atomic mass is 16.5. The monoisotopic (exact) mass is 358 g/mol. The standard InChI is InChI=1S/C18H22N4O4/c1-20(9-8-12-6-7-14(25-4)15(10-12)26-5)16-13(11-19)17(23)22(3)18(24)21(16)2/h6-7,10H,8-9H2,1-5H3. The summed E-state index contributed by atoms with van der Waals surface area (Å²) >= 11 is 0. The lowest BCUT2D eigenvalue weighted by Gasteiger charge is -2.23. The fourth-order valence-corrected chi connectivity index (χ4v) is 2.82. The Balaban J connectivity index is 2.32. The van der Waals surface area contributed by atoms with Gasteiger partial charge in [-0.3, -0.25) is 13.9 Å². The maximum Gasteiger partial charge on any atom is 0.332 e. The lowest BCUT2D eigenvalue weighted by molar-refractivity contribution is 0.354. The molecule has 0 N–H and O–H groups in total. The number of rotatable bonds is 6. The normalized spacial score (nSPS) is 10.3. The summed E-state index contributed by atoms with van der Waals surface area (Å²) in [4.78, 5) is 26.1. The van der Waals surface area contributed by atoms with Crippen molar-refractivity contribution in [2.75, 3.05) is 32.7 Å². The van der Waals surface area contributed by atoms with Crippen molar-refractivity contribution in [1.82, 2.24) is 9.13 Å². The van der Waals surface area contributed by atoms with Gasteiger partial charge >= 0.3 is 5.69 Å². The predicted octanol–water partition coefficient (Wildman–Crippen LogP) is 0.652. The molecule has 0 aliphatic carbocycles. The first-order valence-electron chi connectivity index (χ1n) is 7.97. The molecule has 0 spiro atoms. The first-order valence-corrected chi connectivity index (χ1v) is 7.97. The zero-order chi connectivity index (χ0) is 19.4. The van der Waals surface area contributed by atoms with Crippen molar-refractivity contribution >= 4 is 5.82 Å². The predicted molar refractivity (Wildman–Crippen MR) is 98.2 cm³/mol. The third-order valence-electron chi connectivity index (χ3n) is 4.29. The highest BCUT2D eigenvalue weighted by Crippen LogP contribution is 2.27. The molecule has 0 bridgehead atoms. The largest absolute Gasteiger partial charge is 0.493 e. The molecular formula is C18H22N4O4. The Morgan fingerprint density at radius 2 is 1.77 bits per heavy atom. The van der Waals surface area contributed by atoms with Crippen LogP contribution in [0.25, 0.3) is 0 Å². The van der Waals surface area contributed by atoms with Gasteiger partial charge in [-0.1, -0.05) is 6.07 Å². The average Bonchev–Trinajstić information content (AvgIpc) is 2.66. The Bertz CT molecular complexity index is 969. The van der Waals surface area contributed by atoms with Crippen LogP contribution in [0, 0.1) is 11.3 Å². The van der Waals surface area contributed by atoms with Crippen LogP contribution < -0.4 is 25.6 Å². The summed E-state index contributed by atoms with van der Waals surface area (Å²) < 4.78 is 12.8. The van der Waals surface area contributed by atoms with Crippen LogP contribution in [0.4, 0.5) is 5.82 Å². The molecule has 0 unspecified atom stereocenters. The van der Waals surface area contributed by atoms with E-state index < -0.39 is 11.2 Å². The summed E-state index contributed by atoms with van der Waals surface area (Å²) in [6.45, 7) is 0.505. The van der Waals surface area contributed by atoms with E-state index in [1.807, 2.05) is 24.3 Å². The number of benzene rings is 1. The Morgan fingerprint density at radius 3 is 2.35 bits per heavy atom. The van der Waals surface area contributed by atoms with E-state index in [1.54, 1.807) is 33.2 Å². The van der Waals surface area contributed by atoms with Crippen molar-refractivity contribution in [3.05, 3.63) is 50.2 Å². The van der Waals surface area contributed by atoms with Crippen LogP contribution in [-0.4, -0.2) is 36.9 Å². The Hall–Kier alpha value is -3.21. The molecule has 8 nitrogen and oxygen atoms in total. The second-order valence-electron chi connectivity index (χ2n) is 5.88. The molecule has 1 heterocycles. The molecule has 1 aromatic carbocycles. The lowest BCUT2D eigenvalue weighted by atomic mass is 10.1. The zero-order valence-corrected chi connectivity index (χ0v) is 15.6. The maximum absolute atomic E-state index is 12.2. The second-order valence-corrected chi connectivity index (χ2v) is 5.88. The highest BCUT2D eigenvalue weighted by molar-refractivity contribution is 5.53. The molecule has 0 radical (unpaired) electrons. The number of aromatic nitrogens is 2. The first kappa shape index (κ1) is 19.1. The second kappa shape index (κ2) is 7.78. The molecule has 1 aromatic heterocycles. The molecule has 0 amide bonds. The maximum atomic E-state index is 12.2. The Labute approximate surface area is 151 Å². The van der Waals surface area contributed by atoms with Crippen molar-refractivity contribution in [3.8, 4) is 17.6 Å². The summed E-state index contributed by atoms with van der Waals surface area (Å²) in [5.74, 6) is 1.58. The van der Waals surface area contributed by atoms with Crippen LogP contribution in [0.2, 0.25) is 0 Å². The van der Waals surface area contributed by atoms with E-state index >= 15 is 0 Å². The number of nitrogens with zero attached hydrogens (tertiary/aromatic N) is 4. The third kappa shape index (κ3) is 3.42. The fourth-order valence-electron chi connectivity index (χ4n) is 2.82.